The highest BCUT2D eigenvalue weighted by Gasteiger charge is 2.14. The summed E-state index contributed by atoms with van der Waals surface area (Å²) in [7, 11) is 0. The number of aryl methyl sites for hydroxylation is 1. The van der Waals surface area contributed by atoms with Crippen molar-refractivity contribution in [2.24, 2.45) is 0 Å². The van der Waals surface area contributed by atoms with Gasteiger partial charge in [0.2, 0.25) is 0 Å². The maximum absolute atomic E-state index is 9.75. The quantitative estimate of drug-likeness (QED) is 0.286. The van der Waals surface area contributed by atoms with E-state index in [0.717, 1.165) is 59.4 Å². The molecule has 0 saturated heterocycles. The zero-order valence-electron chi connectivity index (χ0n) is 19.7. The summed E-state index contributed by atoms with van der Waals surface area (Å²) in [6.45, 7) is 5.07. The van der Waals surface area contributed by atoms with Crippen molar-refractivity contribution in [3.8, 4) is 40.1 Å². The van der Waals surface area contributed by atoms with E-state index in [-0.39, 0.29) is 0 Å². The van der Waals surface area contributed by atoms with Crippen LogP contribution in [-0.4, -0.2) is 6.61 Å². The molecule has 33 heavy (non-hydrogen) atoms. The second-order valence-corrected chi connectivity index (χ2v) is 8.36. The van der Waals surface area contributed by atoms with Gasteiger partial charge in [-0.05, 0) is 47.2 Å². The van der Waals surface area contributed by atoms with Crippen molar-refractivity contribution in [1.29, 1.82) is 10.5 Å². The minimum Gasteiger partial charge on any atom is -0.494 e. The highest BCUT2D eigenvalue weighted by molar-refractivity contribution is 5.77. The molecular weight excluding hydrogens is 404 g/mol. The highest BCUT2D eigenvalue weighted by atomic mass is 16.5. The molecule has 0 unspecified atom stereocenters. The van der Waals surface area contributed by atoms with E-state index in [1.165, 1.54) is 25.7 Å². The molecule has 0 atom stereocenters. The smallest absolute Gasteiger partial charge is 0.119 e. The van der Waals surface area contributed by atoms with E-state index < -0.39 is 0 Å². The fourth-order valence-corrected chi connectivity index (χ4v) is 4.09. The molecule has 0 radical (unpaired) electrons. The van der Waals surface area contributed by atoms with E-state index in [1.807, 2.05) is 36.4 Å². The number of hydrogen-bond donors (Lipinski definition) is 0. The lowest BCUT2D eigenvalue weighted by Gasteiger charge is -2.11. The monoisotopic (exact) mass is 436 g/mol. The van der Waals surface area contributed by atoms with Crippen molar-refractivity contribution in [3.05, 3.63) is 77.4 Å². The Labute approximate surface area is 198 Å². The first-order valence-corrected chi connectivity index (χ1v) is 12.0. The molecule has 0 fully saturated rings. The van der Waals surface area contributed by atoms with Crippen molar-refractivity contribution < 1.29 is 4.74 Å². The summed E-state index contributed by atoms with van der Waals surface area (Å²) < 4.78 is 5.87. The summed E-state index contributed by atoms with van der Waals surface area (Å²) in [5, 5.41) is 19.4. The number of rotatable bonds is 11. The number of nitrogens with zero attached hydrogens (tertiary/aromatic N) is 2. The Kier molecular flexibility index (Phi) is 9.10. The summed E-state index contributed by atoms with van der Waals surface area (Å²) in [5.41, 5.74) is 5.88. The average Bonchev–Trinajstić information content (AvgIpc) is 2.86. The van der Waals surface area contributed by atoms with Gasteiger partial charge in [-0.3, -0.25) is 0 Å². The summed E-state index contributed by atoms with van der Waals surface area (Å²) in [6, 6.07) is 24.8. The molecule has 0 heterocycles. The molecular formula is C30H32N2O. The average molecular weight is 437 g/mol. The van der Waals surface area contributed by atoms with Crippen LogP contribution in [0, 0.1) is 22.7 Å². The summed E-state index contributed by atoms with van der Waals surface area (Å²) in [5.74, 6) is 0.903. The molecule has 0 amide bonds. The normalized spacial score (nSPS) is 10.4. The Bertz CT molecular complexity index is 1120. The fourth-order valence-electron chi connectivity index (χ4n) is 4.09. The first kappa shape index (κ1) is 24.1. The zero-order valence-corrected chi connectivity index (χ0v) is 19.7. The van der Waals surface area contributed by atoms with E-state index in [0.29, 0.717) is 11.1 Å². The number of ether oxygens (including phenoxy) is 1. The number of hydrogen-bond acceptors (Lipinski definition) is 3. The van der Waals surface area contributed by atoms with E-state index in [1.54, 1.807) is 0 Å². The van der Waals surface area contributed by atoms with Crippen LogP contribution in [0.1, 0.15) is 69.1 Å². The Morgan fingerprint density at radius 1 is 0.636 bits per heavy atom. The Morgan fingerprint density at radius 2 is 1.24 bits per heavy atom. The molecule has 0 aliphatic heterocycles. The summed E-state index contributed by atoms with van der Waals surface area (Å²) in [4.78, 5) is 0. The SMILES string of the molecule is CCCCCCCOc1ccc(-c2ccc(-c3ccc(CCC)c(C#N)c3C#N)cc2)cc1. The minimum atomic E-state index is 0.465. The van der Waals surface area contributed by atoms with Crippen molar-refractivity contribution in [3.63, 3.8) is 0 Å². The first-order valence-electron chi connectivity index (χ1n) is 12.0. The number of nitriles is 2. The first-order chi connectivity index (χ1) is 16.2. The number of benzene rings is 3. The Balaban J connectivity index is 1.71. The molecule has 3 rings (SSSR count). The van der Waals surface area contributed by atoms with Crippen LogP contribution in [0.15, 0.2) is 60.7 Å². The predicted octanol–water partition coefficient (Wildman–Crippen LogP) is 8.07. The third-order valence-electron chi connectivity index (χ3n) is 5.93. The van der Waals surface area contributed by atoms with E-state index in [9.17, 15) is 10.5 Å². The van der Waals surface area contributed by atoms with Gasteiger partial charge in [-0.25, -0.2) is 0 Å². The highest BCUT2D eigenvalue weighted by Crippen LogP contribution is 2.31. The lowest BCUT2D eigenvalue weighted by atomic mass is 9.91. The van der Waals surface area contributed by atoms with Gasteiger partial charge in [-0.1, -0.05) is 94.5 Å². The molecule has 3 nitrogen and oxygen atoms in total. The molecule has 0 N–H and O–H groups in total. The van der Waals surface area contributed by atoms with Crippen LogP contribution in [0.25, 0.3) is 22.3 Å². The maximum Gasteiger partial charge on any atom is 0.119 e. The predicted molar refractivity (Wildman–Crippen MR) is 135 cm³/mol. The van der Waals surface area contributed by atoms with Crippen LogP contribution >= 0.6 is 0 Å². The van der Waals surface area contributed by atoms with Gasteiger partial charge in [-0.15, -0.1) is 0 Å². The molecule has 0 bridgehead atoms. The van der Waals surface area contributed by atoms with Crippen molar-refractivity contribution in [2.75, 3.05) is 6.61 Å². The molecule has 0 aliphatic carbocycles. The molecule has 3 aromatic rings. The fraction of sp³-hybridized carbons (Fsp3) is 0.333. The van der Waals surface area contributed by atoms with Crippen LogP contribution in [-0.2, 0) is 6.42 Å². The van der Waals surface area contributed by atoms with Crippen LogP contribution in [0.3, 0.4) is 0 Å². The van der Waals surface area contributed by atoms with Gasteiger partial charge in [0.25, 0.3) is 0 Å². The molecule has 0 aromatic heterocycles. The van der Waals surface area contributed by atoms with Crippen LogP contribution in [0.2, 0.25) is 0 Å². The van der Waals surface area contributed by atoms with Gasteiger partial charge < -0.3 is 4.74 Å². The van der Waals surface area contributed by atoms with Crippen LogP contribution in [0.5, 0.6) is 5.75 Å². The van der Waals surface area contributed by atoms with Crippen molar-refractivity contribution >= 4 is 0 Å². The molecule has 0 aliphatic rings. The summed E-state index contributed by atoms with van der Waals surface area (Å²) >= 11 is 0. The van der Waals surface area contributed by atoms with Crippen molar-refractivity contribution in [2.45, 2.75) is 58.8 Å². The zero-order chi connectivity index (χ0) is 23.5. The van der Waals surface area contributed by atoms with Gasteiger partial charge in [-0.2, -0.15) is 10.5 Å². The lowest BCUT2D eigenvalue weighted by Crippen LogP contribution is -1.97. The molecule has 3 aromatic carbocycles. The maximum atomic E-state index is 9.75. The largest absolute Gasteiger partial charge is 0.494 e. The minimum absolute atomic E-state index is 0.465. The standard InChI is InChI=1S/C30H32N2O/c1-3-5-6-7-8-20-33-27-17-14-24(15-18-27)23-10-12-26(13-11-23)28-19-16-25(9-4-2)29(21-31)30(28)22-32/h10-19H,3-9,20H2,1-2H3. The Hall–Kier alpha value is -3.56. The third-order valence-corrected chi connectivity index (χ3v) is 5.93. The summed E-state index contributed by atoms with van der Waals surface area (Å²) in [6.07, 6.45) is 7.91. The second-order valence-electron chi connectivity index (χ2n) is 8.36. The van der Waals surface area contributed by atoms with Crippen molar-refractivity contribution in [1.82, 2.24) is 0 Å². The third kappa shape index (κ3) is 6.24. The van der Waals surface area contributed by atoms with Gasteiger partial charge in [0.05, 0.1) is 17.7 Å². The van der Waals surface area contributed by atoms with Gasteiger partial charge in [0, 0.05) is 5.56 Å². The van der Waals surface area contributed by atoms with E-state index in [4.69, 9.17) is 4.74 Å². The van der Waals surface area contributed by atoms with Gasteiger partial charge in [0.15, 0.2) is 0 Å². The van der Waals surface area contributed by atoms with E-state index in [2.05, 4.69) is 50.3 Å². The lowest BCUT2D eigenvalue weighted by molar-refractivity contribution is 0.304. The van der Waals surface area contributed by atoms with Gasteiger partial charge >= 0.3 is 0 Å². The second kappa shape index (κ2) is 12.5. The van der Waals surface area contributed by atoms with E-state index >= 15 is 0 Å². The van der Waals surface area contributed by atoms with Crippen LogP contribution < -0.4 is 4.74 Å². The molecule has 0 spiro atoms. The molecule has 0 saturated carbocycles. The van der Waals surface area contributed by atoms with Gasteiger partial charge in [0.1, 0.15) is 17.9 Å². The molecule has 3 heteroatoms. The van der Waals surface area contributed by atoms with Crippen LogP contribution in [0.4, 0.5) is 0 Å². The molecule has 168 valence electrons. The Morgan fingerprint density at radius 3 is 1.85 bits per heavy atom. The topological polar surface area (TPSA) is 56.8 Å². The number of unbranched alkanes of at least 4 members (excludes halogenated alkanes) is 4.